The molecule has 1 amide bonds. The van der Waals surface area contributed by atoms with Crippen LogP contribution in [-0.4, -0.2) is 33.0 Å². The third-order valence-electron chi connectivity index (χ3n) is 5.04. The smallest absolute Gasteiger partial charge is 0.272 e. The second-order valence-electron chi connectivity index (χ2n) is 6.87. The Morgan fingerprint density at radius 1 is 0.967 bits per heavy atom. The minimum Gasteiger partial charge on any atom is -0.350 e. The van der Waals surface area contributed by atoms with Crippen molar-refractivity contribution >= 4 is 27.6 Å². The van der Waals surface area contributed by atoms with Gasteiger partial charge in [0, 0.05) is 23.9 Å². The highest BCUT2D eigenvalue weighted by Gasteiger charge is 2.25. The molecule has 10 heteroatoms. The van der Waals surface area contributed by atoms with Crippen molar-refractivity contribution in [1.29, 1.82) is 0 Å². The van der Waals surface area contributed by atoms with Gasteiger partial charge in [-0.1, -0.05) is 0 Å². The number of nitrogens with zero attached hydrogens (tertiary/aromatic N) is 2. The summed E-state index contributed by atoms with van der Waals surface area (Å²) in [6.45, 7) is 1.57. The first-order valence-corrected chi connectivity index (χ1v) is 8.79. The highest BCUT2D eigenvalue weighted by Crippen LogP contribution is 2.27. The van der Waals surface area contributed by atoms with Crippen LogP contribution < -0.4 is 5.56 Å². The first-order chi connectivity index (χ1) is 14.2. The van der Waals surface area contributed by atoms with Gasteiger partial charge in [-0.15, -0.1) is 0 Å². The molecule has 1 unspecified atom stereocenters. The number of benzene rings is 2. The molecule has 0 aliphatic carbocycles. The van der Waals surface area contributed by atoms with E-state index in [0.29, 0.717) is 6.07 Å². The number of hydrogen-bond donors (Lipinski definition) is 2. The number of fused-ring (bicyclic) bond motifs is 2. The second-order valence-corrected chi connectivity index (χ2v) is 6.87. The molecule has 154 valence electrons. The molecule has 0 aliphatic heterocycles. The van der Waals surface area contributed by atoms with E-state index in [1.165, 1.54) is 18.0 Å². The largest absolute Gasteiger partial charge is 0.350 e. The van der Waals surface area contributed by atoms with E-state index in [-0.39, 0.29) is 33.1 Å². The van der Waals surface area contributed by atoms with E-state index in [2.05, 4.69) is 15.2 Å². The number of hydrogen-bond acceptors (Lipinski definition) is 3. The fourth-order valence-corrected chi connectivity index (χ4v) is 3.32. The molecule has 2 aromatic heterocycles. The van der Waals surface area contributed by atoms with Crippen LogP contribution in [0.1, 0.15) is 29.1 Å². The van der Waals surface area contributed by atoms with Crippen molar-refractivity contribution in [3.8, 4) is 0 Å². The fraction of sp³-hybridized carbons (Fsp3) is 0.150. The molecule has 2 aromatic carbocycles. The lowest BCUT2D eigenvalue weighted by Gasteiger charge is -2.24. The van der Waals surface area contributed by atoms with E-state index >= 15 is 0 Å². The molecular weight excluding hydrogens is 404 g/mol. The lowest BCUT2D eigenvalue weighted by molar-refractivity contribution is 0.0735. The van der Waals surface area contributed by atoms with E-state index in [1.54, 1.807) is 6.92 Å². The van der Waals surface area contributed by atoms with Gasteiger partial charge in [-0.2, -0.15) is 5.10 Å². The summed E-state index contributed by atoms with van der Waals surface area (Å²) in [5, 5.41) is 6.09. The monoisotopic (exact) mass is 418 g/mol. The van der Waals surface area contributed by atoms with Crippen molar-refractivity contribution in [2.24, 2.45) is 0 Å². The van der Waals surface area contributed by atoms with Crippen molar-refractivity contribution in [3.05, 3.63) is 75.3 Å². The van der Waals surface area contributed by atoms with Gasteiger partial charge in [0.05, 0.1) is 22.6 Å². The number of carbonyl (C=O) groups is 1. The zero-order valence-electron chi connectivity index (χ0n) is 15.7. The number of H-pyrrole nitrogens is 2. The minimum absolute atomic E-state index is 0.00481. The van der Waals surface area contributed by atoms with E-state index in [1.807, 2.05) is 0 Å². The van der Waals surface area contributed by atoms with Gasteiger partial charge in [-0.3, -0.25) is 9.59 Å². The summed E-state index contributed by atoms with van der Waals surface area (Å²) in [5.41, 5.74) is -0.466. The topological polar surface area (TPSA) is 81.8 Å². The molecule has 30 heavy (non-hydrogen) atoms. The van der Waals surface area contributed by atoms with Crippen LogP contribution in [0, 0.1) is 23.3 Å². The van der Waals surface area contributed by atoms with Crippen LogP contribution in [0.4, 0.5) is 17.6 Å². The number of aromatic nitrogens is 3. The van der Waals surface area contributed by atoms with Crippen LogP contribution in [0.15, 0.2) is 35.1 Å². The van der Waals surface area contributed by atoms with Crippen LogP contribution in [-0.2, 0) is 0 Å². The fourth-order valence-electron chi connectivity index (χ4n) is 3.32. The molecule has 0 radical (unpaired) electrons. The van der Waals surface area contributed by atoms with Gasteiger partial charge >= 0.3 is 0 Å². The molecule has 4 rings (SSSR count). The van der Waals surface area contributed by atoms with Gasteiger partial charge in [0.2, 0.25) is 0 Å². The van der Waals surface area contributed by atoms with Crippen molar-refractivity contribution in [2.45, 2.75) is 13.0 Å². The van der Waals surface area contributed by atoms with Gasteiger partial charge in [-0.25, -0.2) is 22.7 Å². The number of rotatable bonds is 3. The van der Waals surface area contributed by atoms with Crippen LogP contribution in [0.5, 0.6) is 0 Å². The molecule has 0 saturated heterocycles. The van der Waals surface area contributed by atoms with Crippen LogP contribution >= 0.6 is 0 Å². The number of carbonyl (C=O) groups excluding carboxylic acids is 1. The summed E-state index contributed by atoms with van der Waals surface area (Å²) in [6.07, 6.45) is 0. The Morgan fingerprint density at radius 2 is 1.63 bits per heavy atom. The van der Waals surface area contributed by atoms with Gasteiger partial charge < -0.3 is 9.88 Å². The molecular formula is C20H14F4N4O2. The molecule has 1 atom stereocenters. The lowest BCUT2D eigenvalue weighted by Crippen LogP contribution is -2.31. The maximum atomic E-state index is 13.9. The molecule has 4 aromatic rings. The molecule has 0 fully saturated rings. The summed E-state index contributed by atoms with van der Waals surface area (Å²) < 4.78 is 54.7. The molecule has 6 nitrogen and oxygen atoms in total. The van der Waals surface area contributed by atoms with E-state index in [4.69, 9.17) is 0 Å². The maximum absolute atomic E-state index is 13.9. The van der Waals surface area contributed by atoms with Gasteiger partial charge in [-0.05, 0) is 31.2 Å². The normalized spacial score (nSPS) is 12.5. The summed E-state index contributed by atoms with van der Waals surface area (Å²) in [5.74, 6) is -4.54. The quantitative estimate of drug-likeness (QED) is 0.497. The number of aromatic amines is 2. The Kier molecular flexibility index (Phi) is 4.56. The van der Waals surface area contributed by atoms with E-state index < -0.39 is 40.8 Å². The van der Waals surface area contributed by atoms with Gasteiger partial charge in [0.25, 0.3) is 11.5 Å². The Bertz CT molecular complexity index is 1380. The molecule has 0 spiro atoms. The first kappa shape index (κ1) is 19.6. The average Bonchev–Trinajstić information content (AvgIpc) is 3.12. The first-order valence-electron chi connectivity index (χ1n) is 8.79. The highest BCUT2D eigenvalue weighted by atomic mass is 19.2. The van der Waals surface area contributed by atoms with Crippen molar-refractivity contribution in [3.63, 3.8) is 0 Å². The highest BCUT2D eigenvalue weighted by molar-refractivity contribution is 5.98. The zero-order valence-corrected chi connectivity index (χ0v) is 15.7. The number of amides is 1. The predicted molar refractivity (Wildman–Crippen MR) is 101 cm³/mol. The van der Waals surface area contributed by atoms with Crippen LogP contribution in [0.25, 0.3) is 21.7 Å². The van der Waals surface area contributed by atoms with Crippen molar-refractivity contribution < 1.29 is 22.4 Å². The molecule has 2 heterocycles. The number of nitrogens with one attached hydrogen (secondary N) is 2. The van der Waals surface area contributed by atoms with Gasteiger partial charge in [0.1, 0.15) is 17.3 Å². The van der Waals surface area contributed by atoms with Crippen molar-refractivity contribution in [2.75, 3.05) is 7.05 Å². The van der Waals surface area contributed by atoms with Gasteiger partial charge in [0.15, 0.2) is 11.6 Å². The summed E-state index contributed by atoms with van der Waals surface area (Å²) >= 11 is 0. The standard InChI is InChI=1S/C20H14F4N4O2/c1-8(18-10-5-14(23)15(24)6-11(10)19(29)27-26-18)28(2)20(30)17-7-12-13(22)3-9(21)4-16(12)25-17/h3-8,25H,1-2H3,(H,27,29). The molecule has 0 bridgehead atoms. The maximum Gasteiger partial charge on any atom is 0.272 e. The Hall–Kier alpha value is -3.69. The second kappa shape index (κ2) is 6.97. The third-order valence-corrected chi connectivity index (χ3v) is 5.04. The lowest BCUT2D eigenvalue weighted by atomic mass is 10.1. The average molecular weight is 418 g/mol. The minimum atomic E-state index is -1.19. The van der Waals surface area contributed by atoms with Crippen LogP contribution in [0.3, 0.4) is 0 Å². The Balaban J connectivity index is 1.75. The SMILES string of the molecule is CC(c1n[nH]c(=O)c2cc(F)c(F)cc12)N(C)C(=O)c1cc2c(F)cc(F)cc2[nH]1. The predicted octanol–water partition coefficient (Wildman–Crippen LogP) is 3.79. The Labute approximate surface area is 166 Å². The van der Waals surface area contributed by atoms with E-state index in [9.17, 15) is 27.2 Å². The summed E-state index contributed by atoms with van der Waals surface area (Å²) in [6, 6.07) is 3.85. The molecule has 2 N–H and O–H groups in total. The summed E-state index contributed by atoms with van der Waals surface area (Å²) in [4.78, 5) is 28.7. The summed E-state index contributed by atoms with van der Waals surface area (Å²) in [7, 11) is 1.42. The van der Waals surface area contributed by atoms with Crippen molar-refractivity contribution in [1.82, 2.24) is 20.1 Å². The number of halogens is 4. The van der Waals surface area contributed by atoms with Crippen LogP contribution in [0.2, 0.25) is 0 Å². The molecule has 0 saturated carbocycles. The zero-order chi connectivity index (χ0) is 21.7. The molecule has 0 aliphatic rings. The van der Waals surface area contributed by atoms with E-state index in [0.717, 1.165) is 18.2 Å². The Morgan fingerprint density at radius 3 is 2.33 bits per heavy atom. The third kappa shape index (κ3) is 3.10.